The first-order valence-electron chi connectivity index (χ1n) is 26.0. The summed E-state index contributed by atoms with van der Waals surface area (Å²) in [6, 6.07) is 59.3. The summed E-state index contributed by atoms with van der Waals surface area (Å²) >= 11 is 0. The number of aromatic nitrogens is 2. The second kappa shape index (κ2) is 19.1. The van der Waals surface area contributed by atoms with Crippen LogP contribution in [0.15, 0.2) is 146 Å². The Morgan fingerprint density at radius 1 is 0.507 bits per heavy atom. The van der Waals surface area contributed by atoms with E-state index in [-0.39, 0.29) is 54.0 Å². The normalized spacial score (nSPS) is 13.2. The van der Waals surface area contributed by atoms with Gasteiger partial charge < -0.3 is 9.30 Å². The van der Waals surface area contributed by atoms with Gasteiger partial charge in [0.2, 0.25) is 5.69 Å². The van der Waals surface area contributed by atoms with Crippen LogP contribution in [0, 0.1) is 17.9 Å². The zero-order valence-corrected chi connectivity index (χ0v) is 48.5. The van der Waals surface area contributed by atoms with Crippen LogP contribution in [-0.2, 0) is 48.1 Å². The van der Waals surface area contributed by atoms with Gasteiger partial charge in [-0.15, -0.1) is 23.6 Å². The van der Waals surface area contributed by atoms with Crippen LogP contribution < -0.4 is 13.9 Å². The van der Waals surface area contributed by atoms with Gasteiger partial charge in [-0.2, -0.15) is 12.1 Å². The Bertz CT molecular complexity index is 3700. The molecule has 0 aliphatic carbocycles. The number of para-hydroxylation sites is 1. The standard InChI is InChI=1S/C68H69FN4O.Pt/c1-64(2,3)46-30-31-70-62(39-46)73-59-29-24-44(45-32-47(65(4,5)6)35-48(33-45)66(7,8)9)34-58(59)57-28-27-55(41-61(57)73)74-54-19-16-18-52(40-54)71-42-72(53-37-49(67(10,11)12)36-50(38-53)68(13,14)15)63-56(20-17-21-60(63)71)43-22-25-51(69)26-23-43;/h16-39H,1-15H3;/q;+2. The van der Waals surface area contributed by atoms with E-state index in [0.29, 0.717) is 11.5 Å². The topological polar surface area (TPSA) is 33.1 Å². The van der Waals surface area contributed by atoms with E-state index in [0.717, 1.165) is 67.1 Å². The molecule has 0 spiro atoms. The number of nitrogens with zero attached hydrogens (tertiary/aromatic N) is 4. The fourth-order valence-corrected chi connectivity index (χ4v) is 9.80. The zero-order valence-electron chi connectivity index (χ0n) is 46.2. The number of pyridine rings is 1. The zero-order chi connectivity index (χ0) is 52.9. The molecule has 75 heavy (non-hydrogen) atoms. The largest absolute Gasteiger partial charge is 2.00 e. The second-order valence-corrected chi connectivity index (χ2v) is 25.3. The van der Waals surface area contributed by atoms with Crippen LogP contribution in [0.4, 0.5) is 27.1 Å². The SMILES string of the molecule is CC(C)(C)c1cc(-c2ccc3c(c2)c2ccc(Oc4[c-]c([N+]5=C=[N+](c6cc(C(C)(C)C)cc(C(C)(C)C)c6)c6c(-c7ccc(F)cc7)cccc65)ccc4)[c-]c2n3-c2cc(C(C)(C)C)ccn2)cc(C(C)(C)C)c1.[Pt+2]. The molecule has 5 nitrogen and oxygen atoms in total. The molecule has 9 aromatic rings. The average Bonchev–Trinajstić information content (AvgIpc) is 3.89. The number of benzene rings is 7. The third kappa shape index (κ3) is 10.5. The summed E-state index contributed by atoms with van der Waals surface area (Å²) in [5.41, 5.74) is 15.7. The Labute approximate surface area is 458 Å². The number of ether oxygens (including phenoxy) is 1. The summed E-state index contributed by atoms with van der Waals surface area (Å²) in [5.74, 6) is 1.63. The number of hydrogen-bond donors (Lipinski definition) is 0. The monoisotopic (exact) mass is 1170 g/mol. The minimum Gasteiger partial charge on any atom is -0.509 e. The van der Waals surface area contributed by atoms with Crippen molar-refractivity contribution in [2.75, 3.05) is 0 Å². The van der Waals surface area contributed by atoms with Crippen molar-refractivity contribution >= 4 is 50.6 Å². The first-order chi connectivity index (χ1) is 34.7. The van der Waals surface area contributed by atoms with Crippen LogP contribution in [0.25, 0.3) is 49.9 Å². The summed E-state index contributed by atoms with van der Waals surface area (Å²) in [4.78, 5) is 4.99. The molecule has 0 unspecified atom stereocenters. The summed E-state index contributed by atoms with van der Waals surface area (Å²) in [7, 11) is 0. The fourth-order valence-electron chi connectivity index (χ4n) is 9.80. The molecule has 0 N–H and O–H groups in total. The minimum atomic E-state index is -0.275. The van der Waals surface area contributed by atoms with Gasteiger partial charge in [-0.25, -0.2) is 9.37 Å². The molecule has 1 aliphatic heterocycles. The van der Waals surface area contributed by atoms with Crippen molar-refractivity contribution in [3.63, 3.8) is 0 Å². The van der Waals surface area contributed by atoms with Gasteiger partial charge in [0.1, 0.15) is 17.3 Å². The van der Waals surface area contributed by atoms with E-state index in [9.17, 15) is 4.39 Å². The first kappa shape index (κ1) is 53.1. The van der Waals surface area contributed by atoms with Crippen molar-refractivity contribution in [1.29, 1.82) is 0 Å². The van der Waals surface area contributed by atoms with E-state index >= 15 is 0 Å². The van der Waals surface area contributed by atoms with Gasteiger partial charge in [0.25, 0.3) is 5.69 Å². The van der Waals surface area contributed by atoms with Gasteiger partial charge in [-0.05, 0) is 118 Å². The molecule has 1 aliphatic rings. The molecule has 0 atom stereocenters. The van der Waals surface area contributed by atoms with Crippen molar-refractivity contribution in [1.82, 2.24) is 18.7 Å². The Morgan fingerprint density at radius 3 is 1.69 bits per heavy atom. The van der Waals surface area contributed by atoms with Gasteiger partial charge in [0.15, 0.2) is 0 Å². The molecule has 7 aromatic carbocycles. The maximum absolute atomic E-state index is 14.4. The fraction of sp³-hybridized carbons (Fsp3) is 0.294. The molecule has 0 saturated carbocycles. The van der Waals surface area contributed by atoms with Crippen molar-refractivity contribution in [3.05, 3.63) is 191 Å². The van der Waals surface area contributed by atoms with Crippen LogP contribution in [0.3, 0.4) is 0 Å². The Hall–Kier alpha value is -6.71. The van der Waals surface area contributed by atoms with Crippen molar-refractivity contribution in [3.8, 4) is 39.6 Å². The molecule has 0 fully saturated rings. The van der Waals surface area contributed by atoms with Crippen molar-refractivity contribution in [2.24, 2.45) is 0 Å². The predicted molar refractivity (Wildman–Crippen MR) is 308 cm³/mol. The van der Waals surface area contributed by atoms with Gasteiger partial charge in [0, 0.05) is 41.4 Å². The van der Waals surface area contributed by atoms with E-state index in [1.165, 1.54) is 45.5 Å². The smallest absolute Gasteiger partial charge is 0.509 e. The van der Waals surface area contributed by atoms with E-state index in [1.54, 1.807) is 0 Å². The first-order valence-corrected chi connectivity index (χ1v) is 26.0. The molecule has 2 aromatic heterocycles. The number of hydrogen-bond acceptors (Lipinski definition) is 2. The van der Waals surface area contributed by atoms with Gasteiger partial charge in [-0.3, -0.25) is 0 Å². The van der Waals surface area contributed by atoms with E-state index in [2.05, 4.69) is 216 Å². The molecule has 0 bridgehead atoms. The minimum absolute atomic E-state index is 0. The van der Waals surface area contributed by atoms with Gasteiger partial charge in [0.05, 0.1) is 5.56 Å². The van der Waals surface area contributed by atoms with Crippen molar-refractivity contribution < 1.29 is 30.2 Å². The Kier molecular flexibility index (Phi) is 13.6. The molecule has 0 amide bonds. The predicted octanol–water partition coefficient (Wildman–Crippen LogP) is 18.4. The summed E-state index contributed by atoms with van der Waals surface area (Å²) in [6.07, 6.45) is 1.91. The molecule has 0 saturated heterocycles. The van der Waals surface area contributed by atoms with E-state index in [4.69, 9.17) is 9.72 Å². The summed E-state index contributed by atoms with van der Waals surface area (Å²) in [6.45, 7) is 33.9. The van der Waals surface area contributed by atoms with Crippen LogP contribution in [0.1, 0.15) is 132 Å². The molecular weight excluding hydrogens is 1100 g/mol. The second-order valence-electron chi connectivity index (χ2n) is 25.3. The number of fused-ring (bicyclic) bond motifs is 4. The van der Waals surface area contributed by atoms with Crippen molar-refractivity contribution in [2.45, 2.75) is 131 Å². The van der Waals surface area contributed by atoms with Crippen LogP contribution in [0.5, 0.6) is 11.5 Å². The molecule has 7 heteroatoms. The third-order valence-electron chi connectivity index (χ3n) is 14.4. The molecule has 0 radical (unpaired) electrons. The van der Waals surface area contributed by atoms with E-state index < -0.39 is 0 Å². The maximum Gasteiger partial charge on any atom is 2.00 e. The van der Waals surface area contributed by atoms with Crippen LogP contribution >= 0.6 is 0 Å². The molecule has 10 rings (SSSR count). The summed E-state index contributed by atoms with van der Waals surface area (Å²) < 4.78 is 27.6. The number of halogens is 1. The number of rotatable bonds is 7. The van der Waals surface area contributed by atoms with Gasteiger partial charge >= 0.3 is 32.8 Å². The van der Waals surface area contributed by atoms with E-state index in [1.807, 2.05) is 53.2 Å². The Morgan fingerprint density at radius 2 is 1.08 bits per heavy atom. The average molecular weight is 1170 g/mol. The Balaban J connectivity index is 0.00000689. The van der Waals surface area contributed by atoms with Gasteiger partial charge in [-0.1, -0.05) is 181 Å². The summed E-state index contributed by atoms with van der Waals surface area (Å²) in [5, 5.41) is 2.17. The third-order valence-corrected chi connectivity index (χ3v) is 14.4. The quantitative estimate of drug-likeness (QED) is 0.118. The van der Waals surface area contributed by atoms with Crippen LogP contribution in [-0.4, -0.2) is 15.6 Å². The molecule has 3 heterocycles. The molecule has 382 valence electrons. The maximum atomic E-state index is 14.4. The molecular formula is C68H69FN4OPt+2. The van der Waals surface area contributed by atoms with Crippen LogP contribution in [0.2, 0.25) is 0 Å².